The van der Waals surface area contributed by atoms with E-state index >= 15 is 0 Å². The van der Waals surface area contributed by atoms with Crippen molar-refractivity contribution >= 4 is 34.8 Å². The molecule has 0 aliphatic heterocycles. The van der Waals surface area contributed by atoms with Gasteiger partial charge in [0.2, 0.25) is 5.82 Å². The molecular weight excluding hydrogens is 452 g/mol. The summed E-state index contributed by atoms with van der Waals surface area (Å²) in [4.78, 5) is 12.5. The molecule has 0 unspecified atom stereocenters. The third kappa shape index (κ3) is 3.75. The Morgan fingerprint density at radius 1 is 1.00 bits per heavy atom. The number of halogens is 7. The molecule has 1 heterocycles. The summed E-state index contributed by atoms with van der Waals surface area (Å²) < 4.78 is 69.1. The van der Waals surface area contributed by atoms with Gasteiger partial charge in [0.15, 0.2) is 23.3 Å². The van der Waals surface area contributed by atoms with E-state index in [-0.39, 0.29) is 32.7 Å². The van der Waals surface area contributed by atoms with Gasteiger partial charge in [-0.3, -0.25) is 9.48 Å². The van der Waals surface area contributed by atoms with E-state index in [1.807, 2.05) is 0 Å². The summed E-state index contributed by atoms with van der Waals surface area (Å²) in [5, 5.41) is 6.79. The van der Waals surface area contributed by atoms with E-state index in [2.05, 4.69) is 10.4 Å². The van der Waals surface area contributed by atoms with Crippen molar-refractivity contribution in [2.45, 2.75) is 20.4 Å². The average Bonchev–Trinajstić information content (AvgIpc) is 2.97. The maximum atomic E-state index is 14.0. The topological polar surface area (TPSA) is 46.9 Å². The average molecular weight is 464 g/mol. The molecule has 0 atom stereocenters. The van der Waals surface area contributed by atoms with Gasteiger partial charge in [0.25, 0.3) is 5.91 Å². The minimum atomic E-state index is -2.24. The van der Waals surface area contributed by atoms with Crippen LogP contribution in [0.15, 0.2) is 18.2 Å². The van der Waals surface area contributed by atoms with Crippen LogP contribution in [-0.4, -0.2) is 15.7 Å². The van der Waals surface area contributed by atoms with Gasteiger partial charge in [-0.2, -0.15) is 5.10 Å². The first-order valence-corrected chi connectivity index (χ1v) is 9.09. The lowest BCUT2D eigenvalue weighted by Crippen LogP contribution is -2.15. The number of aromatic nitrogens is 2. The molecule has 1 amide bonds. The highest BCUT2D eigenvalue weighted by atomic mass is 35.5. The second-order valence-corrected chi connectivity index (χ2v) is 7.09. The van der Waals surface area contributed by atoms with E-state index in [1.54, 1.807) is 0 Å². The van der Waals surface area contributed by atoms with Crippen molar-refractivity contribution in [3.8, 4) is 0 Å². The number of amides is 1. The Bertz CT molecular complexity index is 1150. The summed E-state index contributed by atoms with van der Waals surface area (Å²) in [6.07, 6.45) is 0. The van der Waals surface area contributed by atoms with E-state index in [0.29, 0.717) is 0 Å². The molecule has 2 aromatic carbocycles. The van der Waals surface area contributed by atoms with E-state index in [9.17, 15) is 26.7 Å². The number of hydrogen-bond acceptors (Lipinski definition) is 2. The minimum absolute atomic E-state index is 0.0285. The summed E-state index contributed by atoms with van der Waals surface area (Å²) in [6.45, 7) is 2.21. The molecule has 0 aliphatic rings. The highest BCUT2D eigenvalue weighted by Gasteiger charge is 2.27. The zero-order valence-electron chi connectivity index (χ0n) is 15.4. The SMILES string of the molecule is Cc1nn(Cc2c(F)c(F)c(F)c(F)c2F)c(C)c1NC(=O)c1cccc(Cl)c1Cl. The van der Waals surface area contributed by atoms with Crippen molar-refractivity contribution in [1.82, 2.24) is 9.78 Å². The Labute approximate surface area is 177 Å². The molecule has 11 heteroatoms. The molecule has 3 aromatic rings. The summed E-state index contributed by atoms with van der Waals surface area (Å²) in [5.74, 6) is -10.9. The number of nitrogens with one attached hydrogen (secondary N) is 1. The molecule has 1 N–H and O–H groups in total. The van der Waals surface area contributed by atoms with Gasteiger partial charge < -0.3 is 5.32 Å². The summed E-state index contributed by atoms with van der Waals surface area (Å²) in [6, 6.07) is 4.46. The summed E-state index contributed by atoms with van der Waals surface area (Å²) in [5.41, 5.74) is -0.297. The normalized spacial score (nSPS) is 11.1. The molecule has 30 heavy (non-hydrogen) atoms. The van der Waals surface area contributed by atoms with Gasteiger partial charge in [-0.1, -0.05) is 29.3 Å². The molecule has 4 nitrogen and oxygen atoms in total. The van der Waals surface area contributed by atoms with Gasteiger partial charge in [0.1, 0.15) is 0 Å². The van der Waals surface area contributed by atoms with Crippen LogP contribution in [0.2, 0.25) is 10.0 Å². The van der Waals surface area contributed by atoms with Crippen LogP contribution >= 0.6 is 23.2 Å². The number of rotatable bonds is 4. The van der Waals surface area contributed by atoms with Gasteiger partial charge in [-0.25, -0.2) is 22.0 Å². The van der Waals surface area contributed by atoms with Gasteiger partial charge in [0, 0.05) is 0 Å². The zero-order chi connectivity index (χ0) is 22.3. The van der Waals surface area contributed by atoms with E-state index in [1.165, 1.54) is 32.0 Å². The van der Waals surface area contributed by atoms with Crippen LogP contribution in [-0.2, 0) is 6.54 Å². The third-order valence-corrected chi connectivity index (χ3v) is 5.24. The fraction of sp³-hybridized carbons (Fsp3) is 0.158. The number of hydrogen-bond donors (Lipinski definition) is 1. The molecule has 0 saturated heterocycles. The summed E-state index contributed by atoms with van der Waals surface area (Å²) >= 11 is 11.9. The lowest BCUT2D eigenvalue weighted by atomic mass is 10.1. The molecule has 0 saturated carbocycles. The second-order valence-electron chi connectivity index (χ2n) is 6.31. The van der Waals surface area contributed by atoms with Crippen LogP contribution in [0.5, 0.6) is 0 Å². The Balaban J connectivity index is 1.96. The van der Waals surface area contributed by atoms with Crippen molar-refractivity contribution < 1.29 is 26.7 Å². The van der Waals surface area contributed by atoms with Crippen molar-refractivity contribution in [1.29, 1.82) is 0 Å². The fourth-order valence-electron chi connectivity index (χ4n) is 2.83. The van der Waals surface area contributed by atoms with Crippen molar-refractivity contribution in [2.75, 3.05) is 5.32 Å². The van der Waals surface area contributed by atoms with Crippen LogP contribution < -0.4 is 5.32 Å². The van der Waals surface area contributed by atoms with Gasteiger partial charge in [0.05, 0.1) is 44.8 Å². The van der Waals surface area contributed by atoms with Gasteiger partial charge >= 0.3 is 0 Å². The largest absolute Gasteiger partial charge is 0.319 e. The minimum Gasteiger partial charge on any atom is -0.319 e. The molecule has 0 radical (unpaired) electrons. The molecule has 0 bridgehead atoms. The molecule has 0 spiro atoms. The predicted molar refractivity (Wildman–Crippen MR) is 101 cm³/mol. The first-order chi connectivity index (χ1) is 14.0. The lowest BCUT2D eigenvalue weighted by molar-refractivity contribution is 0.102. The van der Waals surface area contributed by atoms with Crippen molar-refractivity contribution in [2.24, 2.45) is 0 Å². The smallest absolute Gasteiger partial charge is 0.257 e. The predicted octanol–water partition coefficient (Wildman–Crippen LogP) is 5.80. The first kappa shape index (κ1) is 22.0. The molecule has 3 rings (SSSR count). The number of carbonyl (C=O) groups excluding carboxylic acids is 1. The highest BCUT2D eigenvalue weighted by Crippen LogP contribution is 2.29. The van der Waals surface area contributed by atoms with Crippen LogP contribution in [0.4, 0.5) is 27.6 Å². The van der Waals surface area contributed by atoms with Crippen molar-refractivity contribution in [3.63, 3.8) is 0 Å². The monoisotopic (exact) mass is 463 g/mol. The van der Waals surface area contributed by atoms with E-state index < -0.39 is 47.1 Å². The molecule has 0 aliphatic carbocycles. The van der Waals surface area contributed by atoms with Crippen LogP contribution in [0.25, 0.3) is 0 Å². The number of benzene rings is 2. The van der Waals surface area contributed by atoms with Crippen LogP contribution in [0.3, 0.4) is 0 Å². The van der Waals surface area contributed by atoms with E-state index in [0.717, 1.165) is 4.68 Å². The molecule has 1 aromatic heterocycles. The number of anilines is 1. The fourth-order valence-corrected chi connectivity index (χ4v) is 3.22. The zero-order valence-corrected chi connectivity index (χ0v) is 16.9. The highest BCUT2D eigenvalue weighted by molar-refractivity contribution is 6.44. The Morgan fingerprint density at radius 2 is 1.57 bits per heavy atom. The van der Waals surface area contributed by atoms with Crippen LogP contribution in [0, 0.1) is 42.9 Å². The number of aryl methyl sites for hydroxylation is 1. The Morgan fingerprint density at radius 3 is 2.17 bits per heavy atom. The lowest BCUT2D eigenvalue weighted by Gasteiger charge is -2.11. The molecule has 0 fully saturated rings. The number of nitrogens with zero attached hydrogens (tertiary/aromatic N) is 2. The maximum Gasteiger partial charge on any atom is 0.257 e. The second kappa shape index (κ2) is 8.23. The number of carbonyl (C=O) groups is 1. The molecule has 158 valence electrons. The standard InChI is InChI=1S/C19H12Cl2F5N3O/c1-7-18(27-19(30)9-4-3-5-11(20)12(9)21)8(2)29(28-7)6-10-13(22)15(24)17(26)16(25)14(10)23/h3-5H,6H2,1-2H3,(H,27,30). The Hall–Kier alpha value is -2.65. The maximum absolute atomic E-state index is 14.0. The first-order valence-electron chi connectivity index (χ1n) is 8.34. The Kier molecular flexibility index (Phi) is 6.05. The molecular formula is C19H12Cl2F5N3O. The third-order valence-electron chi connectivity index (χ3n) is 4.42. The van der Waals surface area contributed by atoms with Gasteiger partial charge in [-0.15, -0.1) is 0 Å². The quantitative estimate of drug-likeness (QED) is 0.301. The van der Waals surface area contributed by atoms with Crippen LogP contribution in [0.1, 0.15) is 27.3 Å². The van der Waals surface area contributed by atoms with Crippen molar-refractivity contribution in [3.05, 3.63) is 79.8 Å². The van der Waals surface area contributed by atoms with Gasteiger partial charge in [-0.05, 0) is 26.0 Å². The summed E-state index contributed by atoms with van der Waals surface area (Å²) in [7, 11) is 0. The van der Waals surface area contributed by atoms with E-state index in [4.69, 9.17) is 23.2 Å².